The normalized spacial score (nSPS) is 17.7. The van der Waals surface area contributed by atoms with Crippen LogP contribution >= 0.6 is 35.6 Å². The van der Waals surface area contributed by atoms with E-state index in [2.05, 4.69) is 5.32 Å². The van der Waals surface area contributed by atoms with Crippen molar-refractivity contribution in [2.45, 2.75) is 31.2 Å². The number of likely N-dealkylation sites (tertiary alicyclic amines) is 1. The van der Waals surface area contributed by atoms with E-state index in [0.29, 0.717) is 35.2 Å². The number of carbonyl (C=O) groups excluding carboxylic acids is 1. The maximum atomic E-state index is 13.5. The maximum absolute atomic E-state index is 13.5. The molecule has 1 amide bonds. The number of ether oxygens (including phenoxy) is 2. The van der Waals surface area contributed by atoms with E-state index >= 15 is 0 Å². The summed E-state index contributed by atoms with van der Waals surface area (Å²) >= 11 is 11.6. The molecule has 0 aliphatic carbocycles. The molecule has 1 fully saturated rings. The van der Waals surface area contributed by atoms with Crippen LogP contribution in [0.2, 0.25) is 10.0 Å². The first-order valence-corrected chi connectivity index (χ1v) is 10.4. The second-order valence-corrected chi connectivity index (χ2v) is 8.04. The van der Waals surface area contributed by atoms with E-state index in [9.17, 15) is 18.0 Å². The van der Waals surface area contributed by atoms with Gasteiger partial charge in [-0.25, -0.2) is 4.79 Å². The summed E-state index contributed by atoms with van der Waals surface area (Å²) in [5.41, 5.74) is 0.282. The first-order chi connectivity index (χ1) is 14.7. The third-order valence-corrected chi connectivity index (χ3v) is 5.21. The molecule has 1 aliphatic rings. The molecule has 2 atom stereocenters. The number of carbonyl (C=O) groups is 1. The summed E-state index contributed by atoms with van der Waals surface area (Å²) in [7, 11) is 0. The van der Waals surface area contributed by atoms with Crippen molar-refractivity contribution in [2.75, 3.05) is 25.0 Å². The summed E-state index contributed by atoms with van der Waals surface area (Å²) in [6.45, 7) is 0.268. The van der Waals surface area contributed by atoms with Gasteiger partial charge in [-0.1, -0.05) is 23.2 Å². The number of rotatable bonds is 6. The molecule has 1 aliphatic heterocycles. The standard InChI is InChI=1S/C21H21Cl2F3N2O3.ClH/c22-14-3-7-16(8-4-14)27-20(29)31-19(21(24,25)26)13-28-11-1-2-18(12-28)30-17-9-5-15(23)6-10-17;/h3-10,18-19H,1-2,11-13H2,(H,27,29);1H/t18-,19?;/m0./s1. The minimum absolute atomic E-state index is 0. The Hall–Kier alpha value is -1.87. The SMILES string of the molecule is Cl.O=C(Nc1ccc(Cl)cc1)OC(CN1CCC[C@H](Oc2ccc(Cl)cc2)C1)C(F)(F)F. The van der Waals surface area contributed by atoms with Gasteiger partial charge in [0.25, 0.3) is 0 Å². The second-order valence-electron chi connectivity index (χ2n) is 7.16. The molecule has 1 heterocycles. The van der Waals surface area contributed by atoms with Gasteiger partial charge in [0.05, 0.1) is 0 Å². The second kappa shape index (κ2) is 11.8. The summed E-state index contributed by atoms with van der Waals surface area (Å²) < 4.78 is 51.1. The molecule has 1 unspecified atom stereocenters. The van der Waals surface area contributed by atoms with Crippen molar-refractivity contribution in [1.29, 1.82) is 0 Å². The number of amides is 1. The fourth-order valence-corrected chi connectivity index (χ4v) is 3.48. The molecule has 0 radical (unpaired) electrons. The highest BCUT2D eigenvalue weighted by molar-refractivity contribution is 6.30. The Balaban J connectivity index is 0.00000363. The van der Waals surface area contributed by atoms with Crippen LogP contribution in [0.4, 0.5) is 23.7 Å². The molecule has 2 aromatic carbocycles. The minimum Gasteiger partial charge on any atom is -0.489 e. The zero-order valence-corrected chi connectivity index (χ0v) is 19.1. The van der Waals surface area contributed by atoms with Gasteiger partial charge in [0.1, 0.15) is 11.9 Å². The lowest BCUT2D eigenvalue weighted by molar-refractivity contribution is -0.207. The van der Waals surface area contributed by atoms with Crippen LogP contribution in [-0.2, 0) is 4.74 Å². The van der Waals surface area contributed by atoms with Crippen LogP contribution in [-0.4, -0.2) is 49.0 Å². The van der Waals surface area contributed by atoms with Crippen molar-refractivity contribution < 1.29 is 27.4 Å². The molecule has 0 spiro atoms. The van der Waals surface area contributed by atoms with Crippen LogP contribution in [0.25, 0.3) is 0 Å². The predicted molar refractivity (Wildman–Crippen MR) is 120 cm³/mol. The molecule has 176 valence electrons. The van der Waals surface area contributed by atoms with Crippen LogP contribution < -0.4 is 10.1 Å². The monoisotopic (exact) mass is 512 g/mol. The Morgan fingerprint density at radius 2 is 1.69 bits per heavy atom. The van der Waals surface area contributed by atoms with Gasteiger partial charge in [-0.05, 0) is 67.9 Å². The number of piperidine rings is 1. The van der Waals surface area contributed by atoms with Crippen LogP contribution in [0.15, 0.2) is 48.5 Å². The van der Waals surface area contributed by atoms with Crippen molar-refractivity contribution in [3.63, 3.8) is 0 Å². The third-order valence-electron chi connectivity index (χ3n) is 4.71. The van der Waals surface area contributed by atoms with Gasteiger partial charge in [0.15, 0.2) is 0 Å². The van der Waals surface area contributed by atoms with Gasteiger partial charge in [0, 0.05) is 28.8 Å². The first-order valence-electron chi connectivity index (χ1n) is 9.63. The van der Waals surface area contributed by atoms with Gasteiger partial charge < -0.3 is 9.47 Å². The number of anilines is 1. The molecule has 3 rings (SSSR count). The highest BCUT2D eigenvalue weighted by Gasteiger charge is 2.44. The average Bonchev–Trinajstić information content (AvgIpc) is 2.71. The molecule has 0 bridgehead atoms. The molecule has 1 N–H and O–H groups in total. The number of hydrogen-bond acceptors (Lipinski definition) is 4. The Labute approximate surface area is 200 Å². The molecule has 11 heteroatoms. The topological polar surface area (TPSA) is 50.8 Å². The van der Waals surface area contributed by atoms with Crippen molar-refractivity contribution in [3.05, 3.63) is 58.6 Å². The first kappa shape index (κ1) is 26.4. The molecular weight excluding hydrogens is 492 g/mol. The molecule has 1 saturated heterocycles. The average molecular weight is 514 g/mol. The van der Waals surface area contributed by atoms with Crippen molar-refractivity contribution in [1.82, 2.24) is 4.90 Å². The van der Waals surface area contributed by atoms with E-state index in [1.807, 2.05) is 0 Å². The fraction of sp³-hybridized carbons (Fsp3) is 0.381. The van der Waals surface area contributed by atoms with E-state index in [0.717, 1.165) is 0 Å². The summed E-state index contributed by atoms with van der Waals surface area (Å²) in [5, 5.41) is 3.29. The van der Waals surface area contributed by atoms with E-state index in [1.54, 1.807) is 29.2 Å². The Morgan fingerprint density at radius 1 is 1.09 bits per heavy atom. The quantitative estimate of drug-likeness (QED) is 0.483. The van der Waals surface area contributed by atoms with Crippen LogP contribution in [0.3, 0.4) is 0 Å². The van der Waals surface area contributed by atoms with Gasteiger partial charge in [0.2, 0.25) is 6.10 Å². The zero-order chi connectivity index (χ0) is 22.4. The van der Waals surface area contributed by atoms with Crippen molar-refractivity contribution in [3.8, 4) is 5.75 Å². The van der Waals surface area contributed by atoms with Crippen molar-refractivity contribution >= 4 is 47.4 Å². The molecule has 2 aromatic rings. The maximum Gasteiger partial charge on any atom is 0.426 e. The number of nitrogens with one attached hydrogen (secondary N) is 1. The van der Waals surface area contributed by atoms with E-state index < -0.39 is 24.9 Å². The van der Waals surface area contributed by atoms with Crippen LogP contribution in [0.1, 0.15) is 12.8 Å². The van der Waals surface area contributed by atoms with E-state index in [4.69, 9.17) is 32.7 Å². The van der Waals surface area contributed by atoms with E-state index in [-0.39, 0.29) is 30.7 Å². The highest BCUT2D eigenvalue weighted by atomic mass is 35.5. The zero-order valence-electron chi connectivity index (χ0n) is 16.8. The smallest absolute Gasteiger partial charge is 0.426 e. The Morgan fingerprint density at radius 3 is 2.28 bits per heavy atom. The lowest BCUT2D eigenvalue weighted by atomic mass is 10.1. The summed E-state index contributed by atoms with van der Waals surface area (Å²) in [4.78, 5) is 13.6. The highest BCUT2D eigenvalue weighted by Crippen LogP contribution is 2.27. The third kappa shape index (κ3) is 8.24. The predicted octanol–water partition coefficient (Wildman–Crippen LogP) is 6.44. The van der Waals surface area contributed by atoms with Gasteiger partial charge in [-0.3, -0.25) is 10.2 Å². The van der Waals surface area contributed by atoms with Crippen molar-refractivity contribution in [2.24, 2.45) is 0 Å². The summed E-state index contributed by atoms with van der Waals surface area (Å²) in [5.74, 6) is 0.599. The largest absolute Gasteiger partial charge is 0.489 e. The van der Waals surface area contributed by atoms with Gasteiger partial charge in [-0.2, -0.15) is 13.2 Å². The van der Waals surface area contributed by atoms with Crippen LogP contribution in [0.5, 0.6) is 5.75 Å². The Bertz CT molecular complexity index is 867. The fourth-order valence-electron chi connectivity index (χ4n) is 3.23. The molecular formula is C21H22Cl3F3N2O3. The number of alkyl halides is 3. The summed E-state index contributed by atoms with van der Waals surface area (Å²) in [6.07, 6.45) is -7.05. The van der Waals surface area contributed by atoms with Gasteiger partial charge in [-0.15, -0.1) is 12.4 Å². The lowest BCUT2D eigenvalue weighted by Crippen LogP contribution is -2.49. The molecule has 5 nitrogen and oxygen atoms in total. The Kier molecular flexibility index (Phi) is 9.76. The van der Waals surface area contributed by atoms with Gasteiger partial charge >= 0.3 is 12.3 Å². The van der Waals surface area contributed by atoms with E-state index in [1.165, 1.54) is 24.3 Å². The molecule has 0 aromatic heterocycles. The number of halogens is 6. The van der Waals surface area contributed by atoms with Crippen LogP contribution in [0, 0.1) is 0 Å². The lowest BCUT2D eigenvalue weighted by Gasteiger charge is -2.35. The number of nitrogens with zero attached hydrogens (tertiary/aromatic N) is 1. The molecule has 32 heavy (non-hydrogen) atoms. The number of benzene rings is 2. The number of hydrogen-bond donors (Lipinski definition) is 1. The molecule has 0 saturated carbocycles. The summed E-state index contributed by atoms with van der Waals surface area (Å²) in [6, 6.07) is 12.7. The minimum atomic E-state index is -4.71.